The van der Waals surface area contributed by atoms with Gasteiger partial charge < -0.3 is 15.5 Å². The number of anilines is 1. The van der Waals surface area contributed by atoms with Crippen LogP contribution in [0.25, 0.3) is 0 Å². The van der Waals surface area contributed by atoms with Crippen molar-refractivity contribution in [1.29, 1.82) is 0 Å². The Kier molecular flexibility index (Phi) is 5.57. The van der Waals surface area contributed by atoms with Crippen LogP contribution in [-0.2, 0) is 4.79 Å². The summed E-state index contributed by atoms with van der Waals surface area (Å²) in [6, 6.07) is 7.72. The van der Waals surface area contributed by atoms with Crippen LogP contribution in [0.1, 0.15) is 50.9 Å². The maximum Gasteiger partial charge on any atom is 0.286 e. The highest BCUT2D eigenvalue weighted by molar-refractivity contribution is 7.15. The van der Waals surface area contributed by atoms with E-state index in [1.807, 2.05) is 19.1 Å². The molecule has 4 rings (SSSR count). The molecule has 0 bridgehead atoms. The SMILES string of the molecule is Cc1ccc(NC(=O)c2nnc(C(=O)N3CCCC(C(=O)NC4CC4)C3)s2)cc1. The summed E-state index contributed by atoms with van der Waals surface area (Å²) >= 11 is 0.969. The normalized spacial score (nSPS) is 18.9. The molecule has 2 heterocycles. The zero-order chi connectivity index (χ0) is 20.4. The third kappa shape index (κ3) is 4.79. The van der Waals surface area contributed by atoms with Gasteiger partial charge in [0.25, 0.3) is 11.8 Å². The number of carbonyl (C=O) groups is 3. The molecule has 8 nitrogen and oxygen atoms in total. The molecular formula is C20H23N5O3S. The lowest BCUT2D eigenvalue weighted by molar-refractivity contribution is -0.126. The molecule has 1 aromatic carbocycles. The van der Waals surface area contributed by atoms with Gasteiger partial charge in [0.2, 0.25) is 15.9 Å². The van der Waals surface area contributed by atoms with Crippen LogP contribution in [0.4, 0.5) is 5.69 Å². The summed E-state index contributed by atoms with van der Waals surface area (Å²) in [5.41, 5.74) is 1.75. The number of nitrogens with zero attached hydrogens (tertiary/aromatic N) is 3. The minimum atomic E-state index is -0.397. The Morgan fingerprint density at radius 3 is 2.52 bits per heavy atom. The maximum atomic E-state index is 12.8. The van der Waals surface area contributed by atoms with Crippen molar-refractivity contribution in [3.8, 4) is 0 Å². The molecular weight excluding hydrogens is 390 g/mol. The number of aromatic nitrogens is 2. The van der Waals surface area contributed by atoms with Gasteiger partial charge in [-0.1, -0.05) is 29.0 Å². The molecule has 152 valence electrons. The summed E-state index contributed by atoms with van der Waals surface area (Å²) in [5, 5.41) is 13.9. The fraction of sp³-hybridized carbons (Fsp3) is 0.450. The monoisotopic (exact) mass is 413 g/mol. The fourth-order valence-electron chi connectivity index (χ4n) is 3.28. The summed E-state index contributed by atoms with van der Waals surface area (Å²) in [4.78, 5) is 39.1. The molecule has 1 atom stereocenters. The topological polar surface area (TPSA) is 104 Å². The molecule has 1 aliphatic carbocycles. The van der Waals surface area contributed by atoms with Crippen LogP contribution in [-0.4, -0.2) is 52.0 Å². The molecule has 1 aliphatic heterocycles. The first-order valence-corrected chi connectivity index (χ1v) is 10.6. The molecule has 0 radical (unpaired) electrons. The molecule has 3 amide bonds. The number of rotatable bonds is 5. The summed E-state index contributed by atoms with van der Waals surface area (Å²) in [5.74, 6) is -0.836. The second-order valence-electron chi connectivity index (χ2n) is 7.61. The molecule has 1 saturated heterocycles. The van der Waals surface area contributed by atoms with E-state index < -0.39 is 5.91 Å². The lowest BCUT2D eigenvalue weighted by atomic mass is 9.97. The fourth-order valence-corrected chi connectivity index (χ4v) is 3.99. The van der Waals surface area contributed by atoms with Crippen molar-refractivity contribution in [2.75, 3.05) is 18.4 Å². The number of hydrogen-bond acceptors (Lipinski definition) is 6. The van der Waals surface area contributed by atoms with E-state index in [1.54, 1.807) is 17.0 Å². The molecule has 1 aromatic heterocycles. The molecule has 0 spiro atoms. The van der Waals surface area contributed by atoms with Gasteiger partial charge in [0.1, 0.15) is 0 Å². The van der Waals surface area contributed by atoms with E-state index in [0.29, 0.717) is 24.8 Å². The van der Waals surface area contributed by atoms with E-state index in [4.69, 9.17) is 0 Å². The van der Waals surface area contributed by atoms with Gasteiger partial charge in [0.05, 0.1) is 5.92 Å². The van der Waals surface area contributed by atoms with Crippen molar-refractivity contribution in [2.24, 2.45) is 5.92 Å². The molecule has 2 fully saturated rings. The average Bonchev–Trinajstić information content (AvgIpc) is 3.40. The van der Waals surface area contributed by atoms with E-state index in [2.05, 4.69) is 20.8 Å². The van der Waals surface area contributed by atoms with Crippen LogP contribution < -0.4 is 10.6 Å². The van der Waals surface area contributed by atoms with Gasteiger partial charge in [-0.2, -0.15) is 0 Å². The third-order valence-corrected chi connectivity index (χ3v) is 6.02. The first kappa shape index (κ1) is 19.5. The number of hydrogen-bond donors (Lipinski definition) is 2. The van der Waals surface area contributed by atoms with Gasteiger partial charge in [-0.15, -0.1) is 10.2 Å². The van der Waals surface area contributed by atoms with Crippen LogP contribution >= 0.6 is 11.3 Å². The Morgan fingerprint density at radius 2 is 1.79 bits per heavy atom. The standard InChI is InChI=1S/C20H23N5O3S/c1-12-4-6-14(7-5-12)22-17(27)18-23-24-19(29-18)20(28)25-10-2-3-13(11-25)16(26)21-15-8-9-15/h4-7,13,15H,2-3,8-11H2,1H3,(H,21,26)(H,22,27). The summed E-state index contributed by atoms with van der Waals surface area (Å²) in [6.45, 7) is 2.92. The predicted octanol–water partition coefficient (Wildman–Crippen LogP) is 2.23. The van der Waals surface area contributed by atoms with Crippen LogP contribution in [0.15, 0.2) is 24.3 Å². The number of amides is 3. The first-order valence-electron chi connectivity index (χ1n) is 9.81. The van der Waals surface area contributed by atoms with Gasteiger partial charge >= 0.3 is 0 Å². The molecule has 1 saturated carbocycles. The second-order valence-corrected chi connectivity index (χ2v) is 8.58. The maximum absolute atomic E-state index is 12.8. The number of aryl methyl sites for hydroxylation is 1. The Labute approximate surface area is 172 Å². The van der Waals surface area contributed by atoms with E-state index in [9.17, 15) is 14.4 Å². The number of carbonyl (C=O) groups excluding carboxylic acids is 3. The van der Waals surface area contributed by atoms with Gasteiger partial charge in [-0.3, -0.25) is 14.4 Å². The Morgan fingerprint density at radius 1 is 1.07 bits per heavy atom. The van der Waals surface area contributed by atoms with Gasteiger partial charge in [0, 0.05) is 24.8 Å². The molecule has 2 N–H and O–H groups in total. The Balaban J connectivity index is 1.37. The van der Waals surface area contributed by atoms with Crippen LogP contribution in [0.5, 0.6) is 0 Å². The molecule has 1 unspecified atom stereocenters. The van der Waals surface area contributed by atoms with Crippen LogP contribution in [0.2, 0.25) is 0 Å². The number of benzene rings is 1. The zero-order valence-corrected chi connectivity index (χ0v) is 17.0. The highest BCUT2D eigenvalue weighted by Gasteiger charge is 2.33. The highest BCUT2D eigenvalue weighted by atomic mass is 32.1. The van der Waals surface area contributed by atoms with Gasteiger partial charge in [-0.05, 0) is 44.7 Å². The smallest absolute Gasteiger partial charge is 0.286 e. The Hall–Kier alpha value is -2.81. The quantitative estimate of drug-likeness (QED) is 0.782. The van der Waals surface area contributed by atoms with E-state index in [0.717, 1.165) is 42.6 Å². The van der Waals surface area contributed by atoms with Gasteiger partial charge in [-0.25, -0.2) is 0 Å². The van der Waals surface area contributed by atoms with E-state index in [-0.39, 0.29) is 27.7 Å². The minimum absolute atomic E-state index is 0.0282. The lowest BCUT2D eigenvalue weighted by Crippen LogP contribution is -2.45. The van der Waals surface area contributed by atoms with Crippen LogP contribution in [0.3, 0.4) is 0 Å². The summed E-state index contributed by atoms with van der Waals surface area (Å²) in [7, 11) is 0. The third-order valence-electron chi connectivity index (χ3n) is 5.11. The average molecular weight is 414 g/mol. The summed E-state index contributed by atoms with van der Waals surface area (Å²) in [6.07, 6.45) is 3.63. The van der Waals surface area contributed by atoms with E-state index >= 15 is 0 Å². The minimum Gasteiger partial charge on any atom is -0.353 e. The van der Waals surface area contributed by atoms with E-state index in [1.165, 1.54) is 0 Å². The van der Waals surface area contributed by atoms with Crippen molar-refractivity contribution in [1.82, 2.24) is 20.4 Å². The number of piperidine rings is 1. The van der Waals surface area contributed by atoms with Crippen molar-refractivity contribution in [2.45, 2.75) is 38.6 Å². The first-order chi connectivity index (χ1) is 14.0. The van der Waals surface area contributed by atoms with Crippen molar-refractivity contribution in [3.05, 3.63) is 39.8 Å². The van der Waals surface area contributed by atoms with Gasteiger partial charge in [0.15, 0.2) is 0 Å². The van der Waals surface area contributed by atoms with Crippen molar-refractivity contribution in [3.63, 3.8) is 0 Å². The predicted molar refractivity (Wildman–Crippen MR) is 109 cm³/mol. The second kappa shape index (κ2) is 8.28. The largest absolute Gasteiger partial charge is 0.353 e. The van der Waals surface area contributed by atoms with Crippen molar-refractivity contribution < 1.29 is 14.4 Å². The summed E-state index contributed by atoms with van der Waals surface area (Å²) < 4.78 is 0. The molecule has 9 heteroatoms. The molecule has 2 aliphatic rings. The van der Waals surface area contributed by atoms with Crippen LogP contribution in [0, 0.1) is 12.8 Å². The molecule has 2 aromatic rings. The highest BCUT2D eigenvalue weighted by Crippen LogP contribution is 2.24. The number of nitrogens with one attached hydrogen (secondary N) is 2. The van der Waals surface area contributed by atoms with Crippen molar-refractivity contribution >= 4 is 34.7 Å². The zero-order valence-electron chi connectivity index (χ0n) is 16.2. The number of likely N-dealkylation sites (tertiary alicyclic amines) is 1. The molecule has 29 heavy (non-hydrogen) atoms. The lowest BCUT2D eigenvalue weighted by Gasteiger charge is -2.31. The Bertz CT molecular complexity index is 922.